The number of nitrogens with one attached hydrogen (secondary N) is 1. The highest BCUT2D eigenvalue weighted by atomic mass is 32.2. The minimum atomic E-state index is -4.91. The Bertz CT molecular complexity index is 1020. The lowest BCUT2D eigenvalue weighted by Gasteiger charge is -2.33. The summed E-state index contributed by atoms with van der Waals surface area (Å²) in [4.78, 5) is 3.81. The predicted molar refractivity (Wildman–Crippen MR) is 95.4 cm³/mol. The Kier molecular flexibility index (Phi) is 5.49. The van der Waals surface area contributed by atoms with Crippen molar-refractivity contribution >= 4 is 21.5 Å². The number of hydrogen-bond acceptors (Lipinski definition) is 5. The minimum absolute atomic E-state index is 0.0762. The van der Waals surface area contributed by atoms with Crippen LogP contribution in [0.5, 0.6) is 0 Å². The van der Waals surface area contributed by atoms with Crippen molar-refractivity contribution in [3.8, 4) is 0 Å². The topological polar surface area (TPSA) is 79.6 Å². The van der Waals surface area contributed by atoms with Crippen LogP contribution in [0.2, 0.25) is 0 Å². The summed E-state index contributed by atoms with van der Waals surface area (Å²) in [5.74, 6) is -2.33. The van der Waals surface area contributed by atoms with E-state index in [0.29, 0.717) is 0 Å². The molecule has 1 aliphatic heterocycles. The van der Waals surface area contributed by atoms with Gasteiger partial charge in [0.05, 0.1) is 24.2 Å². The lowest BCUT2D eigenvalue weighted by Crippen LogP contribution is -2.49. The third-order valence-corrected chi connectivity index (χ3v) is 6.05. The molecule has 0 spiro atoms. The van der Waals surface area contributed by atoms with Gasteiger partial charge < -0.3 is 5.32 Å². The van der Waals surface area contributed by atoms with Crippen molar-refractivity contribution < 1.29 is 30.4 Å². The molecule has 3 heterocycles. The van der Waals surface area contributed by atoms with Gasteiger partial charge in [-0.25, -0.2) is 26.7 Å². The maximum Gasteiger partial charge on any atom is 0.421 e. The Labute approximate surface area is 163 Å². The average Bonchev–Trinajstić information content (AvgIpc) is 2.88. The molecule has 162 valence electrons. The second-order valence-corrected chi connectivity index (χ2v) is 9.26. The third-order valence-electron chi connectivity index (χ3n) is 4.78. The summed E-state index contributed by atoms with van der Waals surface area (Å²) in [6.45, 7) is 2.67. The van der Waals surface area contributed by atoms with Crippen molar-refractivity contribution in [3.63, 3.8) is 0 Å². The Morgan fingerprint density at radius 3 is 2.48 bits per heavy atom. The van der Waals surface area contributed by atoms with Gasteiger partial charge in [0.15, 0.2) is 5.82 Å². The minimum Gasteiger partial charge on any atom is -0.347 e. The summed E-state index contributed by atoms with van der Waals surface area (Å²) in [5.41, 5.74) is -2.20. The van der Waals surface area contributed by atoms with Gasteiger partial charge in [-0.15, -0.1) is 5.10 Å². The van der Waals surface area contributed by atoms with Crippen molar-refractivity contribution in [2.24, 2.45) is 0 Å². The van der Waals surface area contributed by atoms with E-state index in [1.54, 1.807) is 0 Å². The third kappa shape index (κ3) is 4.15. The monoisotopic (exact) mass is 441 g/mol. The molecule has 2 atom stereocenters. The zero-order chi connectivity index (χ0) is 21.7. The molecule has 0 bridgehead atoms. The second kappa shape index (κ2) is 7.35. The van der Waals surface area contributed by atoms with Crippen LogP contribution in [0.25, 0.3) is 5.52 Å². The molecule has 29 heavy (non-hydrogen) atoms. The van der Waals surface area contributed by atoms with Crippen LogP contribution < -0.4 is 5.32 Å². The first-order chi connectivity index (χ1) is 13.3. The summed E-state index contributed by atoms with van der Waals surface area (Å²) in [6, 6.07) is -0.838. The SMILES string of the molecule is CC(C)c1c(C(F)(F)F)c(F)c2cnc(N[C@@H]3CCN(S(C)(=O)=O)C[C@H]3F)nn12. The summed E-state index contributed by atoms with van der Waals surface area (Å²) in [6.07, 6.45) is -4.48. The van der Waals surface area contributed by atoms with Crippen LogP contribution in [-0.2, 0) is 16.2 Å². The van der Waals surface area contributed by atoms with E-state index in [1.165, 1.54) is 13.8 Å². The van der Waals surface area contributed by atoms with Crippen LogP contribution in [0, 0.1) is 5.82 Å². The molecular formula is C16H20F5N5O2S. The first-order valence-corrected chi connectivity index (χ1v) is 10.7. The molecule has 0 aromatic carbocycles. The van der Waals surface area contributed by atoms with E-state index >= 15 is 0 Å². The number of aromatic nitrogens is 3. The number of anilines is 1. The Balaban J connectivity index is 1.94. The van der Waals surface area contributed by atoms with Crippen molar-refractivity contribution in [1.29, 1.82) is 0 Å². The maximum atomic E-state index is 14.4. The number of rotatable bonds is 4. The highest BCUT2D eigenvalue weighted by molar-refractivity contribution is 7.88. The molecular weight excluding hydrogens is 421 g/mol. The van der Waals surface area contributed by atoms with Crippen LogP contribution in [0.15, 0.2) is 6.20 Å². The highest BCUT2D eigenvalue weighted by Crippen LogP contribution is 2.39. The molecule has 2 aromatic rings. The first-order valence-electron chi connectivity index (χ1n) is 8.80. The van der Waals surface area contributed by atoms with Gasteiger partial charge in [-0.05, 0) is 12.3 Å². The molecule has 0 unspecified atom stereocenters. The first kappa shape index (κ1) is 21.7. The number of piperidine rings is 1. The van der Waals surface area contributed by atoms with E-state index in [9.17, 15) is 30.4 Å². The van der Waals surface area contributed by atoms with Gasteiger partial charge in [0, 0.05) is 13.1 Å². The highest BCUT2D eigenvalue weighted by Gasteiger charge is 2.41. The van der Waals surface area contributed by atoms with Crippen LogP contribution in [0.1, 0.15) is 37.4 Å². The molecule has 3 rings (SSSR count). The number of alkyl halides is 4. The molecule has 2 aromatic heterocycles. The Morgan fingerprint density at radius 2 is 1.97 bits per heavy atom. The molecule has 0 aliphatic carbocycles. The fraction of sp³-hybridized carbons (Fsp3) is 0.625. The standard InChI is InChI=1S/C16H20F5N5O2S/c1-8(2)14-12(16(19,20)21)13(18)11-6-22-15(24-26(11)14)23-10-4-5-25(7-9(10)17)29(3,27)28/h6,8-10H,4-5,7H2,1-3H3,(H,23,24)/t9-,10-/m1/s1. The Morgan fingerprint density at radius 1 is 1.31 bits per heavy atom. The summed E-state index contributed by atoms with van der Waals surface area (Å²) >= 11 is 0. The van der Waals surface area contributed by atoms with Gasteiger partial charge in [0.25, 0.3) is 0 Å². The largest absolute Gasteiger partial charge is 0.421 e. The normalized spacial score (nSPS) is 21.8. The number of halogens is 5. The average molecular weight is 441 g/mol. The molecule has 0 saturated carbocycles. The van der Waals surface area contributed by atoms with E-state index < -0.39 is 51.2 Å². The quantitative estimate of drug-likeness (QED) is 0.739. The van der Waals surface area contributed by atoms with Crippen LogP contribution in [-0.4, -0.2) is 58.9 Å². The molecule has 1 N–H and O–H groups in total. The predicted octanol–water partition coefficient (Wildman–Crippen LogP) is 2.79. The van der Waals surface area contributed by atoms with Gasteiger partial charge in [-0.2, -0.15) is 17.5 Å². The number of nitrogens with zero attached hydrogens (tertiary/aromatic N) is 4. The number of fused-ring (bicyclic) bond motifs is 1. The van der Waals surface area contributed by atoms with Gasteiger partial charge in [0.2, 0.25) is 16.0 Å². The molecule has 0 radical (unpaired) electrons. The number of hydrogen-bond donors (Lipinski definition) is 1. The van der Waals surface area contributed by atoms with Gasteiger partial charge >= 0.3 is 6.18 Å². The molecule has 7 nitrogen and oxygen atoms in total. The zero-order valence-electron chi connectivity index (χ0n) is 15.8. The molecule has 1 saturated heterocycles. The van der Waals surface area contributed by atoms with E-state index in [1.807, 2.05) is 0 Å². The van der Waals surface area contributed by atoms with E-state index in [0.717, 1.165) is 21.3 Å². The molecule has 0 amide bonds. The molecule has 13 heteroatoms. The summed E-state index contributed by atoms with van der Waals surface area (Å²) in [5, 5.41) is 6.63. The van der Waals surface area contributed by atoms with Crippen molar-refractivity contribution in [2.75, 3.05) is 24.7 Å². The lowest BCUT2D eigenvalue weighted by atomic mass is 10.1. The van der Waals surface area contributed by atoms with E-state index in [4.69, 9.17) is 0 Å². The van der Waals surface area contributed by atoms with Crippen molar-refractivity contribution in [1.82, 2.24) is 18.9 Å². The van der Waals surface area contributed by atoms with E-state index in [-0.39, 0.29) is 31.2 Å². The Hall–Kier alpha value is -2.02. The fourth-order valence-corrected chi connectivity index (χ4v) is 4.26. The lowest BCUT2D eigenvalue weighted by molar-refractivity contribution is -0.140. The maximum absolute atomic E-state index is 14.4. The van der Waals surface area contributed by atoms with Crippen molar-refractivity contribution in [2.45, 2.75) is 44.6 Å². The number of sulfonamides is 1. The van der Waals surface area contributed by atoms with Crippen LogP contribution in [0.4, 0.5) is 27.9 Å². The summed E-state index contributed by atoms with van der Waals surface area (Å²) in [7, 11) is -3.53. The molecule has 1 fully saturated rings. The molecule has 1 aliphatic rings. The second-order valence-electron chi connectivity index (χ2n) is 7.28. The summed E-state index contributed by atoms with van der Waals surface area (Å²) < 4.78 is 93.8. The fourth-order valence-electron chi connectivity index (χ4n) is 3.41. The zero-order valence-corrected chi connectivity index (χ0v) is 16.7. The van der Waals surface area contributed by atoms with Crippen molar-refractivity contribution in [3.05, 3.63) is 23.3 Å². The van der Waals surface area contributed by atoms with Crippen LogP contribution >= 0.6 is 0 Å². The smallest absolute Gasteiger partial charge is 0.347 e. The van der Waals surface area contributed by atoms with Gasteiger partial charge in [0.1, 0.15) is 17.3 Å². The van der Waals surface area contributed by atoms with Gasteiger partial charge in [-0.3, -0.25) is 0 Å². The van der Waals surface area contributed by atoms with Gasteiger partial charge in [-0.1, -0.05) is 13.8 Å². The van der Waals surface area contributed by atoms with Crippen LogP contribution in [0.3, 0.4) is 0 Å². The van der Waals surface area contributed by atoms with E-state index in [2.05, 4.69) is 15.4 Å².